The zero-order valence-corrected chi connectivity index (χ0v) is 9.39. The number of aromatic nitrogens is 2. The smallest absolute Gasteiger partial charge is 0.137 e. The lowest BCUT2D eigenvalue weighted by molar-refractivity contribution is 1.09. The topological polar surface area (TPSA) is 28.7 Å². The minimum absolute atomic E-state index is 0. The molecule has 2 nitrogen and oxygen atoms in total. The van der Waals surface area contributed by atoms with Gasteiger partial charge in [-0.2, -0.15) is 0 Å². The Morgan fingerprint density at radius 3 is 2.57 bits per heavy atom. The first-order chi connectivity index (χ1) is 6.67. The van der Waals surface area contributed by atoms with Gasteiger partial charge in [0.05, 0.1) is 0 Å². The molecule has 0 atom stereocenters. The van der Waals surface area contributed by atoms with Gasteiger partial charge in [-0.25, -0.2) is 4.98 Å². The van der Waals surface area contributed by atoms with E-state index in [1.54, 1.807) is 0 Å². The van der Waals surface area contributed by atoms with Crippen molar-refractivity contribution in [3.63, 3.8) is 0 Å². The van der Waals surface area contributed by atoms with Crippen LogP contribution in [0.2, 0.25) is 0 Å². The van der Waals surface area contributed by atoms with Crippen molar-refractivity contribution >= 4 is 11.0 Å². The van der Waals surface area contributed by atoms with Crippen LogP contribution in [-0.4, -0.2) is 9.97 Å². The van der Waals surface area contributed by atoms with Gasteiger partial charge < -0.3 is 4.98 Å². The molecule has 78 valence electrons. The third kappa shape index (κ3) is 2.59. The summed E-state index contributed by atoms with van der Waals surface area (Å²) in [5, 5.41) is 1.20. The molecule has 14 heavy (non-hydrogen) atoms. The maximum absolute atomic E-state index is 4.25. The molecule has 0 fully saturated rings. The molecule has 2 rings (SSSR count). The number of hydrogen-bond donors (Lipinski definition) is 1. The van der Waals surface area contributed by atoms with Gasteiger partial charge in [0.1, 0.15) is 5.65 Å². The third-order valence-electron chi connectivity index (χ3n) is 1.74. The van der Waals surface area contributed by atoms with Crippen molar-refractivity contribution in [3.8, 4) is 0 Å². The molecule has 0 unspecified atom stereocenters. The summed E-state index contributed by atoms with van der Waals surface area (Å²) < 4.78 is 0. The average Bonchev–Trinajstić information content (AvgIpc) is 2.45. The van der Waals surface area contributed by atoms with Gasteiger partial charge in [-0.3, -0.25) is 0 Å². The van der Waals surface area contributed by atoms with Gasteiger partial charge in [-0.1, -0.05) is 20.3 Å². The molecule has 0 aliphatic heterocycles. The fraction of sp³-hybridized carbons (Fsp3) is 0.417. The number of aryl methyl sites for hydroxylation is 2. The summed E-state index contributed by atoms with van der Waals surface area (Å²) in [5.41, 5.74) is 3.35. The van der Waals surface area contributed by atoms with E-state index in [0.717, 1.165) is 11.3 Å². The van der Waals surface area contributed by atoms with E-state index in [2.05, 4.69) is 42.9 Å². The van der Waals surface area contributed by atoms with Crippen molar-refractivity contribution in [1.82, 2.24) is 9.97 Å². The number of nitrogens with one attached hydrogen (secondary N) is 1. The predicted molar refractivity (Wildman–Crippen MR) is 63.6 cm³/mol. The largest absolute Gasteiger partial charge is 0.344 e. The minimum Gasteiger partial charge on any atom is -0.344 e. The minimum atomic E-state index is 0. The van der Waals surface area contributed by atoms with Crippen LogP contribution < -0.4 is 0 Å². The van der Waals surface area contributed by atoms with E-state index in [9.17, 15) is 0 Å². The standard InChI is InChI=1S/C9H10N2.C3H8.H2/c1-6-3-8-4-7(2)11-9(8)10-5-6;1-3-2;/h3-5H,1-2H3,(H,10,11);3H2,1-2H3;1H. The molecule has 0 aliphatic carbocycles. The van der Waals surface area contributed by atoms with Gasteiger partial charge in [0.2, 0.25) is 0 Å². The summed E-state index contributed by atoms with van der Waals surface area (Å²) in [6.45, 7) is 8.34. The Morgan fingerprint density at radius 1 is 1.29 bits per heavy atom. The number of H-pyrrole nitrogens is 1. The van der Waals surface area contributed by atoms with E-state index in [1.807, 2.05) is 13.1 Å². The number of hydrogen-bond acceptors (Lipinski definition) is 1. The monoisotopic (exact) mass is 192 g/mol. The lowest BCUT2D eigenvalue weighted by atomic mass is 10.2. The predicted octanol–water partition coefficient (Wildman–Crippen LogP) is 3.84. The van der Waals surface area contributed by atoms with Crippen LogP contribution in [0.25, 0.3) is 11.0 Å². The van der Waals surface area contributed by atoms with Crippen molar-refractivity contribution in [2.24, 2.45) is 0 Å². The molecule has 1 N–H and O–H groups in total. The molecular weight excluding hydrogens is 172 g/mol. The summed E-state index contributed by atoms with van der Waals surface area (Å²) in [6, 6.07) is 4.24. The molecule has 0 aliphatic rings. The van der Waals surface area contributed by atoms with Gasteiger partial charge in [-0.15, -0.1) is 0 Å². The van der Waals surface area contributed by atoms with E-state index in [4.69, 9.17) is 0 Å². The zero-order chi connectivity index (χ0) is 10.6. The molecule has 2 aromatic heterocycles. The van der Waals surface area contributed by atoms with Crippen LogP contribution in [0.15, 0.2) is 18.3 Å². The quantitative estimate of drug-likeness (QED) is 0.675. The average molecular weight is 192 g/mol. The summed E-state index contributed by atoms with van der Waals surface area (Å²) in [6.07, 6.45) is 3.12. The summed E-state index contributed by atoms with van der Waals surface area (Å²) in [4.78, 5) is 7.42. The van der Waals surface area contributed by atoms with E-state index >= 15 is 0 Å². The highest BCUT2D eigenvalue weighted by Crippen LogP contribution is 2.12. The van der Waals surface area contributed by atoms with E-state index in [0.29, 0.717) is 0 Å². The zero-order valence-electron chi connectivity index (χ0n) is 9.39. The highest BCUT2D eigenvalue weighted by molar-refractivity contribution is 5.76. The Kier molecular flexibility index (Phi) is 3.69. The summed E-state index contributed by atoms with van der Waals surface area (Å²) >= 11 is 0. The SMILES string of the molecule is CCC.Cc1cnc2[nH]c(C)cc2c1.[HH]. The Hall–Kier alpha value is -1.31. The maximum Gasteiger partial charge on any atom is 0.137 e. The van der Waals surface area contributed by atoms with Crippen LogP contribution in [-0.2, 0) is 0 Å². The molecular formula is C12H20N2. The van der Waals surface area contributed by atoms with Crippen LogP contribution >= 0.6 is 0 Å². The molecule has 2 heterocycles. The van der Waals surface area contributed by atoms with Crippen LogP contribution in [0.5, 0.6) is 0 Å². The lowest BCUT2D eigenvalue weighted by Crippen LogP contribution is -1.77. The third-order valence-corrected chi connectivity index (χ3v) is 1.74. The second kappa shape index (κ2) is 4.80. The first-order valence-corrected chi connectivity index (χ1v) is 5.09. The molecule has 2 aromatic rings. The number of fused-ring (bicyclic) bond motifs is 1. The maximum atomic E-state index is 4.25. The second-order valence-electron chi connectivity index (χ2n) is 3.61. The van der Waals surface area contributed by atoms with Crippen LogP contribution in [0.3, 0.4) is 0 Å². The van der Waals surface area contributed by atoms with Gasteiger partial charge in [0, 0.05) is 18.7 Å². The Balaban J connectivity index is 0.000000443. The molecule has 0 radical (unpaired) electrons. The Bertz CT molecular complexity index is 407. The number of nitrogens with zero attached hydrogens (tertiary/aromatic N) is 1. The lowest BCUT2D eigenvalue weighted by Gasteiger charge is -1.89. The van der Waals surface area contributed by atoms with Gasteiger partial charge >= 0.3 is 0 Å². The van der Waals surface area contributed by atoms with Crippen molar-refractivity contribution in [3.05, 3.63) is 29.6 Å². The number of rotatable bonds is 0. The molecule has 0 saturated heterocycles. The molecule has 0 saturated carbocycles. The van der Waals surface area contributed by atoms with Crippen molar-refractivity contribution in [1.29, 1.82) is 0 Å². The van der Waals surface area contributed by atoms with Gasteiger partial charge in [-0.05, 0) is 31.5 Å². The first kappa shape index (κ1) is 10.8. The molecule has 2 heteroatoms. The van der Waals surface area contributed by atoms with Crippen LogP contribution in [0.4, 0.5) is 0 Å². The van der Waals surface area contributed by atoms with Gasteiger partial charge in [0.25, 0.3) is 0 Å². The second-order valence-corrected chi connectivity index (χ2v) is 3.61. The normalized spacial score (nSPS) is 9.71. The number of pyridine rings is 1. The van der Waals surface area contributed by atoms with Crippen molar-refractivity contribution in [2.45, 2.75) is 34.1 Å². The van der Waals surface area contributed by atoms with E-state index in [1.165, 1.54) is 17.4 Å². The summed E-state index contributed by atoms with van der Waals surface area (Å²) in [5.74, 6) is 0. The molecule has 0 aromatic carbocycles. The summed E-state index contributed by atoms with van der Waals surface area (Å²) in [7, 11) is 0. The number of aromatic amines is 1. The molecule has 0 amide bonds. The van der Waals surface area contributed by atoms with Gasteiger partial charge in [0.15, 0.2) is 0 Å². The molecule has 0 spiro atoms. The highest BCUT2D eigenvalue weighted by atomic mass is 14.8. The van der Waals surface area contributed by atoms with Crippen LogP contribution in [0, 0.1) is 13.8 Å². The fourth-order valence-electron chi connectivity index (χ4n) is 1.26. The molecule has 0 bridgehead atoms. The van der Waals surface area contributed by atoms with Crippen molar-refractivity contribution in [2.75, 3.05) is 0 Å². The fourth-order valence-corrected chi connectivity index (χ4v) is 1.26. The van der Waals surface area contributed by atoms with E-state index in [-0.39, 0.29) is 1.43 Å². The Morgan fingerprint density at radius 2 is 1.93 bits per heavy atom. The van der Waals surface area contributed by atoms with Crippen LogP contribution in [0.1, 0.15) is 33.0 Å². The highest BCUT2D eigenvalue weighted by Gasteiger charge is 1.96. The van der Waals surface area contributed by atoms with E-state index < -0.39 is 0 Å². The Labute approximate surface area is 86.9 Å². The van der Waals surface area contributed by atoms with Crippen molar-refractivity contribution < 1.29 is 1.43 Å². The first-order valence-electron chi connectivity index (χ1n) is 5.09.